The summed E-state index contributed by atoms with van der Waals surface area (Å²) in [6, 6.07) is 5.14. The van der Waals surface area contributed by atoms with Gasteiger partial charge >= 0.3 is 0 Å². The zero-order valence-corrected chi connectivity index (χ0v) is 12.2. The quantitative estimate of drug-likeness (QED) is 0.925. The lowest BCUT2D eigenvalue weighted by Crippen LogP contribution is -2.05. The van der Waals surface area contributed by atoms with Crippen molar-refractivity contribution >= 4 is 28.9 Å². The second kappa shape index (κ2) is 5.68. The molecular weight excluding hydrogens is 283 g/mol. The molecule has 0 fully saturated rings. The molecule has 19 heavy (non-hydrogen) atoms. The van der Waals surface area contributed by atoms with E-state index in [-0.39, 0.29) is 0 Å². The van der Waals surface area contributed by atoms with Crippen molar-refractivity contribution in [3.8, 4) is 5.75 Å². The predicted octanol–water partition coefficient (Wildman–Crippen LogP) is 4.17. The molecule has 0 atom stereocenters. The van der Waals surface area contributed by atoms with Gasteiger partial charge in [-0.05, 0) is 37.1 Å². The van der Waals surface area contributed by atoms with E-state index in [1.165, 1.54) is 0 Å². The van der Waals surface area contributed by atoms with Crippen LogP contribution >= 0.6 is 23.2 Å². The minimum absolute atomic E-state index is 0.342. The highest BCUT2D eigenvalue weighted by Gasteiger charge is 2.07. The topological polar surface area (TPSA) is 48.1 Å². The summed E-state index contributed by atoms with van der Waals surface area (Å²) in [7, 11) is 0. The normalized spacial score (nSPS) is 10.5. The van der Waals surface area contributed by atoms with Crippen molar-refractivity contribution in [3.63, 3.8) is 0 Å². The lowest BCUT2D eigenvalue weighted by molar-refractivity contribution is 0.300. The van der Waals surface area contributed by atoms with Crippen molar-refractivity contribution < 1.29 is 4.74 Å². The molecule has 0 aliphatic carbocycles. The first-order chi connectivity index (χ1) is 8.99. The van der Waals surface area contributed by atoms with E-state index >= 15 is 0 Å². The van der Waals surface area contributed by atoms with Gasteiger partial charge in [-0.25, -0.2) is 0 Å². The maximum absolute atomic E-state index is 5.96. The molecular formula is C14H14Cl2N2O. The Morgan fingerprint density at radius 2 is 1.95 bits per heavy atom. The first-order valence-corrected chi connectivity index (χ1v) is 6.53. The van der Waals surface area contributed by atoms with Gasteiger partial charge in [-0.2, -0.15) is 0 Å². The fraction of sp³-hybridized carbons (Fsp3) is 0.214. The summed E-state index contributed by atoms with van der Waals surface area (Å²) in [6.45, 7) is 4.20. The van der Waals surface area contributed by atoms with E-state index in [1.54, 1.807) is 24.4 Å². The van der Waals surface area contributed by atoms with Gasteiger partial charge in [0.2, 0.25) is 0 Å². The second-order valence-electron chi connectivity index (χ2n) is 4.29. The molecule has 0 aliphatic heterocycles. The average Bonchev–Trinajstić information content (AvgIpc) is 2.39. The molecule has 1 heterocycles. The first-order valence-electron chi connectivity index (χ1n) is 5.77. The predicted molar refractivity (Wildman–Crippen MR) is 78.9 cm³/mol. The molecule has 0 saturated heterocycles. The molecule has 5 heteroatoms. The van der Waals surface area contributed by atoms with Crippen LogP contribution in [0.3, 0.4) is 0 Å². The third-order valence-electron chi connectivity index (χ3n) is 2.94. The highest BCUT2D eigenvalue weighted by Crippen LogP contribution is 2.27. The molecule has 0 amide bonds. The summed E-state index contributed by atoms with van der Waals surface area (Å²) < 4.78 is 5.64. The molecule has 0 radical (unpaired) electrons. The maximum Gasteiger partial charge on any atom is 0.131 e. The van der Waals surface area contributed by atoms with Crippen molar-refractivity contribution in [2.24, 2.45) is 0 Å². The molecule has 100 valence electrons. The van der Waals surface area contributed by atoms with Crippen LogP contribution < -0.4 is 10.5 Å². The minimum Gasteiger partial charge on any atom is -0.487 e. The van der Waals surface area contributed by atoms with E-state index < -0.39 is 0 Å². The van der Waals surface area contributed by atoms with Crippen molar-refractivity contribution in [2.75, 3.05) is 5.73 Å². The Bertz CT molecular complexity index is 615. The largest absolute Gasteiger partial charge is 0.487 e. The number of nitrogens with two attached hydrogens (primary N) is 1. The summed E-state index contributed by atoms with van der Waals surface area (Å²) in [5, 5.41) is 0.968. The Morgan fingerprint density at radius 3 is 2.63 bits per heavy atom. The highest BCUT2D eigenvalue weighted by atomic mass is 35.5. The Balaban J connectivity index is 2.14. The Hall–Kier alpha value is -1.45. The molecule has 1 aromatic heterocycles. The van der Waals surface area contributed by atoms with Gasteiger partial charge in [0.25, 0.3) is 0 Å². The number of nitrogen functional groups attached to an aromatic ring is 1. The number of halogens is 2. The van der Waals surface area contributed by atoms with Gasteiger partial charge in [-0.3, -0.25) is 4.98 Å². The molecule has 0 spiro atoms. The van der Waals surface area contributed by atoms with Crippen molar-refractivity contribution in [1.82, 2.24) is 4.98 Å². The zero-order valence-electron chi connectivity index (χ0n) is 10.7. The summed E-state index contributed by atoms with van der Waals surface area (Å²) in [4.78, 5) is 4.33. The fourth-order valence-electron chi connectivity index (χ4n) is 1.66. The van der Waals surface area contributed by atoms with Crippen molar-refractivity contribution in [3.05, 3.63) is 51.3 Å². The standard InChI is InChI=1S/C14H14Cl2N2O/c1-8-6-18-13(9(2)14(8)17)7-19-10-3-4-11(15)12(16)5-10/h3-6H,7H2,1-2H3,(H2,17,18). The average molecular weight is 297 g/mol. The maximum atomic E-state index is 5.96. The van der Waals surface area contributed by atoms with E-state index in [0.717, 1.165) is 22.5 Å². The van der Waals surface area contributed by atoms with E-state index in [9.17, 15) is 0 Å². The summed E-state index contributed by atoms with van der Waals surface area (Å²) in [5.41, 5.74) is 9.44. The van der Waals surface area contributed by atoms with Gasteiger partial charge in [-0.1, -0.05) is 23.2 Å². The van der Waals surface area contributed by atoms with E-state index in [1.807, 2.05) is 13.8 Å². The van der Waals surface area contributed by atoms with Crippen LogP contribution in [0.25, 0.3) is 0 Å². The molecule has 1 aromatic carbocycles. The Labute approximate surface area is 122 Å². The number of nitrogens with zero attached hydrogens (tertiary/aromatic N) is 1. The number of aromatic nitrogens is 1. The summed E-state index contributed by atoms with van der Waals surface area (Å²) in [6.07, 6.45) is 1.75. The molecule has 2 aromatic rings. The second-order valence-corrected chi connectivity index (χ2v) is 5.11. The van der Waals surface area contributed by atoms with Crippen LogP contribution in [-0.4, -0.2) is 4.98 Å². The number of rotatable bonds is 3. The number of anilines is 1. The smallest absolute Gasteiger partial charge is 0.131 e. The molecule has 0 unspecified atom stereocenters. The van der Waals surface area contributed by atoms with Crippen LogP contribution in [0.4, 0.5) is 5.69 Å². The van der Waals surface area contributed by atoms with E-state index in [0.29, 0.717) is 22.4 Å². The number of hydrogen-bond acceptors (Lipinski definition) is 3. The third kappa shape index (κ3) is 3.11. The number of aryl methyl sites for hydroxylation is 1. The van der Waals surface area contributed by atoms with Gasteiger partial charge < -0.3 is 10.5 Å². The van der Waals surface area contributed by atoms with Gasteiger partial charge in [0.1, 0.15) is 12.4 Å². The molecule has 0 saturated carbocycles. The number of pyridine rings is 1. The monoisotopic (exact) mass is 296 g/mol. The highest BCUT2D eigenvalue weighted by molar-refractivity contribution is 6.42. The summed E-state index contributed by atoms with van der Waals surface area (Å²) >= 11 is 11.8. The van der Waals surface area contributed by atoms with Crippen LogP contribution in [0.15, 0.2) is 24.4 Å². The van der Waals surface area contributed by atoms with Gasteiger partial charge in [0.15, 0.2) is 0 Å². The first kappa shape index (κ1) is 14.0. The number of hydrogen-bond donors (Lipinski definition) is 1. The van der Waals surface area contributed by atoms with Gasteiger partial charge in [0, 0.05) is 18.0 Å². The van der Waals surface area contributed by atoms with E-state index in [4.69, 9.17) is 33.7 Å². The van der Waals surface area contributed by atoms with Gasteiger partial charge in [0.05, 0.1) is 15.7 Å². The van der Waals surface area contributed by atoms with Crippen LogP contribution in [0.5, 0.6) is 5.75 Å². The van der Waals surface area contributed by atoms with Crippen molar-refractivity contribution in [1.29, 1.82) is 0 Å². The van der Waals surface area contributed by atoms with Crippen LogP contribution in [0.2, 0.25) is 10.0 Å². The minimum atomic E-state index is 0.342. The molecule has 3 nitrogen and oxygen atoms in total. The molecule has 0 bridgehead atoms. The number of ether oxygens (including phenoxy) is 1. The fourth-order valence-corrected chi connectivity index (χ4v) is 1.94. The SMILES string of the molecule is Cc1cnc(COc2ccc(Cl)c(Cl)c2)c(C)c1N. The Kier molecular flexibility index (Phi) is 4.17. The number of benzene rings is 1. The summed E-state index contributed by atoms with van der Waals surface area (Å²) in [5.74, 6) is 0.648. The zero-order chi connectivity index (χ0) is 14.0. The Morgan fingerprint density at radius 1 is 1.21 bits per heavy atom. The van der Waals surface area contributed by atoms with Crippen LogP contribution in [0, 0.1) is 13.8 Å². The van der Waals surface area contributed by atoms with Crippen LogP contribution in [-0.2, 0) is 6.61 Å². The third-order valence-corrected chi connectivity index (χ3v) is 3.68. The van der Waals surface area contributed by atoms with Crippen LogP contribution in [0.1, 0.15) is 16.8 Å². The van der Waals surface area contributed by atoms with Gasteiger partial charge in [-0.15, -0.1) is 0 Å². The molecule has 0 aliphatic rings. The molecule has 2 N–H and O–H groups in total. The van der Waals surface area contributed by atoms with Crippen molar-refractivity contribution in [2.45, 2.75) is 20.5 Å². The molecule has 2 rings (SSSR count). The van der Waals surface area contributed by atoms with E-state index in [2.05, 4.69) is 4.98 Å². The lowest BCUT2D eigenvalue weighted by atomic mass is 10.1. The lowest BCUT2D eigenvalue weighted by Gasteiger charge is -2.11.